The maximum atomic E-state index is 12.6. The van der Waals surface area contributed by atoms with Crippen molar-refractivity contribution in [1.82, 2.24) is 5.32 Å². The second-order valence-corrected chi connectivity index (χ2v) is 6.07. The van der Waals surface area contributed by atoms with Gasteiger partial charge in [-0.25, -0.2) is 0 Å². The number of anilines is 1. The van der Waals surface area contributed by atoms with Gasteiger partial charge in [-0.05, 0) is 37.1 Å². The van der Waals surface area contributed by atoms with Crippen LogP contribution in [0.4, 0.5) is 5.69 Å². The summed E-state index contributed by atoms with van der Waals surface area (Å²) in [6.45, 7) is 1.47. The molecule has 0 spiro atoms. The van der Waals surface area contributed by atoms with E-state index in [0.29, 0.717) is 12.1 Å². The molecule has 1 aromatic rings. The number of hydrogen-bond donors (Lipinski definition) is 1. The van der Waals surface area contributed by atoms with E-state index in [0.717, 1.165) is 37.3 Å². The average molecular weight is 274 g/mol. The maximum absolute atomic E-state index is 12.6. The molecule has 2 aliphatic heterocycles. The first-order chi connectivity index (χ1) is 9.63. The van der Waals surface area contributed by atoms with E-state index in [1.807, 2.05) is 43.3 Å². The number of fused-ring (bicyclic) bond motifs is 2. The van der Waals surface area contributed by atoms with Gasteiger partial charge in [0.1, 0.15) is 0 Å². The number of carbonyl (C=O) groups excluding carboxylic acids is 1. The first-order valence-electron chi connectivity index (χ1n) is 7.29. The molecule has 0 saturated carbocycles. The summed E-state index contributed by atoms with van der Waals surface area (Å²) < 4.78 is 5.53. The van der Waals surface area contributed by atoms with Gasteiger partial charge < -0.3 is 15.0 Å². The summed E-state index contributed by atoms with van der Waals surface area (Å²) in [4.78, 5) is 14.7. The highest BCUT2D eigenvalue weighted by Gasteiger charge is 2.35. The zero-order valence-electron chi connectivity index (χ0n) is 12.1. The lowest BCUT2D eigenvalue weighted by atomic mass is 9.82. The third-order valence-corrected chi connectivity index (χ3v) is 4.29. The van der Waals surface area contributed by atoms with Crippen molar-refractivity contribution >= 4 is 11.5 Å². The number of nitrogens with one attached hydrogen (secondary N) is 1. The molecule has 4 nitrogen and oxygen atoms in total. The van der Waals surface area contributed by atoms with Gasteiger partial charge in [0.25, 0.3) is 0 Å². The highest BCUT2D eigenvalue weighted by Crippen LogP contribution is 2.27. The second-order valence-electron chi connectivity index (χ2n) is 6.07. The highest BCUT2D eigenvalue weighted by atomic mass is 16.5. The molecule has 1 N–H and O–H groups in total. The van der Waals surface area contributed by atoms with Crippen LogP contribution in [-0.2, 0) is 4.74 Å². The molecule has 0 aliphatic carbocycles. The third kappa shape index (κ3) is 2.72. The molecular weight excluding hydrogens is 252 g/mol. The van der Waals surface area contributed by atoms with Gasteiger partial charge in [-0.2, -0.15) is 0 Å². The number of nitrogens with zero attached hydrogens (tertiary/aromatic N) is 1. The van der Waals surface area contributed by atoms with Crippen LogP contribution in [-0.4, -0.2) is 45.2 Å². The summed E-state index contributed by atoms with van der Waals surface area (Å²) in [7, 11) is 4.01. The fraction of sp³-hybridized carbons (Fsp3) is 0.562. The monoisotopic (exact) mass is 274 g/mol. The molecule has 0 aromatic heterocycles. The van der Waals surface area contributed by atoms with E-state index in [2.05, 4.69) is 5.32 Å². The molecule has 2 atom stereocenters. The molecule has 2 unspecified atom stereocenters. The number of hydrogen-bond acceptors (Lipinski definition) is 4. The first kappa shape index (κ1) is 13.6. The molecule has 0 radical (unpaired) electrons. The van der Waals surface area contributed by atoms with Crippen LogP contribution >= 0.6 is 0 Å². The van der Waals surface area contributed by atoms with Gasteiger partial charge in [-0.15, -0.1) is 0 Å². The number of ether oxygens (including phenoxy) is 1. The SMILES string of the molecule is CN(C)c1ccc(C(=O)C2CC3COCC(C2)N3)cc1. The third-order valence-electron chi connectivity index (χ3n) is 4.29. The fourth-order valence-electron chi connectivity index (χ4n) is 3.21. The number of carbonyl (C=O) groups is 1. The average Bonchev–Trinajstić information content (AvgIpc) is 2.46. The Morgan fingerprint density at radius 2 is 1.75 bits per heavy atom. The predicted octanol–water partition coefficient (Wildman–Crippen LogP) is 1.70. The molecular formula is C16H22N2O2. The minimum Gasteiger partial charge on any atom is -0.378 e. The van der Waals surface area contributed by atoms with E-state index in [9.17, 15) is 4.79 Å². The molecule has 2 fully saturated rings. The van der Waals surface area contributed by atoms with Crippen molar-refractivity contribution in [3.63, 3.8) is 0 Å². The molecule has 4 heteroatoms. The van der Waals surface area contributed by atoms with Crippen molar-refractivity contribution in [2.75, 3.05) is 32.2 Å². The molecule has 20 heavy (non-hydrogen) atoms. The Kier molecular flexibility index (Phi) is 3.76. The van der Waals surface area contributed by atoms with Gasteiger partial charge in [0.05, 0.1) is 13.2 Å². The van der Waals surface area contributed by atoms with Gasteiger partial charge in [0.15, 0.2) is 5.78 Å². The van der Waals surface area contributed by atoms with E-state index >= 15 is 0 Å². The molecule has 1 aromatic carbocycles. The normalized spacial score (nSPS) is 29.0. The Hall–Kier alpha value is -1.39. The summed E-state index contributed by atoms with van der Waals surface area (Å²) in [5, 5.41) is 3.53. The molecule has 2 aliphatic rings. The van der Waals surface area contributed by atoms with Crippen LogP contribution in [0.25, 0.3) is 0 Å². The minimum atomic E-state index is 0.139. The standard InChI is InChI=1S/C16H22N2O2/c1-18(2)15-5-3-11(4-6-15)16(19)12-7-13-9-20-10-14(8-12)17-13/h3-6,12-14,17H,7-10H2,1-2H3. The van der Waals surface area contributed by atoms with E-state index < -0.39 is 0 Å². The largest absolute Gasteiger partial charge is 0.378 e. The van der Waals surface area contributed by atoms with Gasteiger partial charge in [0.2, 0.25) is 0 Å². The highest BCUT2D eigenvalue weighted by molar-refractivity contribution is 5.98. The Balaban J connectivity index is 1.72. The zero-order chi connectivity index (χ0) is 14.1. The predicted molar refractivity (Wildman–Crippen MR) is 79.4 cm³/mol. The van der Waals surface area contributed by atoms with Crippen molar-refractivity contribution in [3.05, 3.63) is 29.8 Å². The van der Waals surface area contributed by atoms with Gasteiger partial charge in [-0.1, -0.05) is 0 Å². The van der Waals surface area contributed by atoms with Crippen molar-refractivity contribution < 1.29 is 9.53 Å². The summed E-state index contributed by atoms with van der Waals surface area (Å²) >= 11 is 0. The fourth-order valence-corrected chi connectivity index (χ4v) is 3.21. The smallest absolute Gasteiger partial charge is 0.166 e. The molecule has 3 rings (SSSR count). The van der Waals surface area contributed by atoms with Crippen LogP contribution in [0.3, 0.4) is 0 Å². The van der Waals surface area contributed by atoms with E-state index in [1.165, 1.54) is 0 Å². The summed E-state index contributed by atoms with van der Waals surface area (Å²) in [6.07, 6.45) is 1.79. The lowest BCUT2D eigenvalue weighted by molar-refractivity contribution is 0.00953. The van der Waals surface area contributed by atoms with Crippen LogP contribution in [0.1, 0.15) is 23.2 Å². The van der Waals surface area contributed by atoms with Crippen LogP contribution in [0.5, 0.6) is 0 Å². The lowest BCUT2D eigenvalue weighted by Gasteiger charge is -2.39. The van der Waals surface area contributed by atoms with Crippen LogP contribution in [0.15, 0.2) is 24.3 Å². The van der Waals surface area contributed by atoms with Crippen molar-refractivity contribution in [3.8, 4) is 0 Å². The number of rotatable bonds is 3. The summed E-state index contributed by atoms with van der Waals surface area (Å²) in [5.41, 5.74) is 1.96. The van der Waals surface area contributed by atoms with E-state index in [4.69, 9.17) is 4.74 Å². The molecule has 2 heterocycles. The maximum Gasteiger partial charge on any atom is 0.166 e. The molecule has 2 saturated heterocycles. The van der Waals surface area contributed by atoms with Crippen LogP contribution < -0.4 is 10.2 Å². The minimum absolute atomic E-state index is 0.139. The lowest BCUT2D eigenvalue weighted by Crippen LogP contribution is -2.55. The topological polar surface area (TPSA) is 41.6 Å². The Bertz CT molecular complexity index is 472. The van der Waals surface area contributed by atoms with E-state index in [-0.39, 0.29) is 11.7 Å². The van der Waals surface area contributed by atoms with Crippen molar-refractivity contribution in [1.29, 1.82) is 0 Å². The Morgan fingerprint density at radius 1 is 1.15 bits per heavy atom. The van der Waals surface area contributed by atoms with Crippen molar-refractivity contribution in [2.45, 2.75) is 24.9 Å². The Morgan fingerprint density at radius 3 is 2.30 bits per heavy atom. The van der Waals surface area contributed by atoms with Crippen LogP contribution in [0.2, 0.25) is 0 Å². The molecule has 2 bridgehead atoms. The number of morpholine rings is 1. The van der Waals surface area contributed by atoms with E-state index in [1.54, 1.807) is 0 Å². The summed E-state index contributed by atoms with van der Waals surface area (Å²) in [5.74, 6) is 0.425. The zero-order valence-corrected chi connectivity index (χ0v) is 12.1. The van der Waals surface area contributed by atoms with Gasteiger partial charge in [-0.3, -0.25) is 4.79 Å². The Labute approximate surface area is 120 Å². The number of ketones is 1. The molecule has 0 amide bonds. The van der Waals surface area contributed by atoms with Gasteiger partial charge in [0, 0.05) is 43.3 Å². The van der Waals surface area contributed by atoms with Crippen LogP contribution in [0, 0.1) is 5.92 Å². The first-order valence-corrected chi connectivity index (χ1v) is 7.29. The van der Waals surface area contributed by atoms with Crippen molar-refractivity contribution in [2.24, 2.45) is 5.92 Å². The van der Waals surface area contributed by atoms with Gasteiger partial charge >= 0.3 is 0 Å². The second kappa shape index (κ2) is 5.54. The quantitative estimate of drug-likeness (QED) is 0.852. The number of benzene rings is 1. The molecule has 108 valence electrons. The number of Topliss-reactive ketones (excluding diaryl/α,β-unsaturated/α-hetero) is 1. The number of piperidine rings is 1. The summed E-state index contributed by atoms with van der Waals surface area (Å²) in [6, 6.07) is 8.61.